The van der Waals surface area contributed by atoms with Gasteiger partial charge in [0.25, 0.3) is 0 Å². The average Bonchev–Trinajstić information content (AvgIpc) is 2.81. The van der Waals surface area contributed by atoms with Crippen LogP contribution in [0.15, 0.2) is 60.7 Å². The topological polar surface area (TPSA) is 23.6 Å². The highest BCUT2D eigenvalue weighted by Gasteiger charge is 2.35. The van der Waals surface area contributed by atoms with E-state index in [-0.39, 0.29) is 0 Å². The van der Waals surface area contributed by atoms with Crippen LogP contribution in [0.5, 0.6) is 0 Å². The summed E-state index contributed by atoms with van der Waals surface area (Å²) in [5.74, 6) is 1.48. The fourth-order valence-electron chi connectivity index (χ4n) is 4.37. The highest BCUT2D eigenvalue weighted by molar-refractivity contribution is 5.93. The summed E-state index contributed by atoms with van der Waals surface area (Å²) in [7, 11) is 0. The van der Waals surface area contributed by atoms with E-state index < -0.39 is 0 Å². The number of rotatable bonds is 3. The van der Waals surface area contributed by atoms with Gasteiger partial charge in [0.15, 0.2) is 0 Å². The van der Waals surface area contributed by atoms with E-state index >= 15 is 0 Å². The Bertz CT molecular complexity index is 700. The molecular formula is C22H26N2O. The molecule has 2 heterocycles. The third-order valence-electron chi connectivity index (χ3n) is 5.75. The molecule has 25 heavy (non-hydrogen) atoms. The first-order valence-corrected chi connectivity index (χ1v) is 9.41. The largest absolute Gasteiger partial charge is 0.312 e. The number of para-hydroxylation sites is 1. The number of anilines is 1. The molecule has 0 radical (unpaired) electrons. The summed E-state index contributed by atoms with van der Waals surface area (Å²) in [6.07, 6.45) is 2.96. The lowest BCUT2D eigenvalue weighted by molar-refractivity contribution is -0.119. The molecular weight excluding hydrogens is 308 g/mol. The van der Waals surface area contributed by atoms with E-state index in [0.29, 0.717) is 24.2 Å². The van der Waals surface area contributed by atoms with Gasteiger partial charge in [0, 0.05) is 31.7 Å². The van der Waals surface area contributed by atoms with Crippen LogP contribution in [0.1, 0.15) is 24.8 Å². The number of carbonyl (C=O) groups excluding carboxylic acids is 1. The third kappa shape index (κ3) is 3.77. The van der Waals surface area contributed by atoms with Crippen LogP contribution in [0, 0.1) is 11.8 Å². The molecule has 0 saturated carbocycles. The maximum atomic E-state index is 12.8. The van der Waals surface area contributed by atoms with Crippen LogP contribution in [0.25, 0.3) is 0 Å². The van der Waals surface area contributed by atoms with Gasteiger partial charge in [0.2, 0.25) is 5.91 Å². The lowest BCUT2D eigenvalue weighted by Gasteiger charge is -2.37. The van der Waals surface area contributed by atoms with Gasteiger partial charge < -0.3 is 4.90 Å². The predicted molar refractivity (Wildman–Crippen MR) is 101 cm³/mol. The zero-order chi connectivity index (χ0) is 17.1. The van der Waals surface area contributed by atoms with Gasteiger partial charge in [0.1, 0.15) is 0 Å². The third-order valence-corrected chi connectivity index (χ3v) is 5.75. The van der Waals surface area contributed by atoms with Crippen LogP contribution in [-0.2, 0) is 11.3 Å². The number of carbonyl (C=O) groups is 1. The van der Waals surface area contributed by atoms with Gasteiger partial charge >= 0.3 is 0 Å². The molecule has 2 aliphatic heterocycles. The molecule has 4 rings (SSSR count). The summed E-state index contributed by atoms with van der Waals surface area (Å²) in [5.41, 5.74) is 2.43. The van der Waals surface area contributed by atoms with Gasteiger partial charge in [-0.05, 0) is 48.9 Å². The van der Waals surface area contributed by atoms with Crippen molar-refractivity contribution in [2.45, 2.75) is 25.8 Å². The first kappa shape index (κ1) is 16.3. The smallest absolute Gasteiger partial charge is 0.227 e. The fraction of sp³-hybridized carbons (Fsp3) is 0.409. The van der Waals surface area contributed by atoms with Crippen molar-refractivity contribution in [2.24, 2.45) is 11.8 Å². The first-order valence-electron chi connectivity index (χ1n) is 9.41. The van der Waals surface area contributed by atoms with Crippen molar-refractivity contribution in [2.75, 3.05) is 24.5 Å². The summed E-state index contributed by atoms with van der Waals surface area (Å²) in [6, 6.07) is 20.9. The van der Waals surface area contributed by atoms with Gasteiger partial charge in [0.05, 0.1) is 0 Å². The Morgan fingerprint density at radius 3 is 2.28 bits per heavy atom. The van der Waals surface area contributed by atoms with Crippen molar-refractivity contribution in [1.82, 2.24) is 4.90 Å². The van der Waals surface area contributed by atoms with Crippen LogP contribution < -0.4 is 4.90 Å². The Morgan fingerprint density at radius 1 is 0.840 bits per heavy atom. The van der Waals surface area contributed by atoms with Crippen LogP contribution in [0.4, 0.5) is 5.69 Å². The lowest BCUT2D eigenvalue weighted by atomic mass is 9.82. The van der Waals surface area contributed by atoms with E-state index in [4.69, 9.17) is 0 Å². The Hall–Kier alpha value is -2.13. The SMILES string of the molecule is O=C1CC2CCN(Cc3ccccc3)CC2CCN1c1ccccc1. The van der Waals surface area contributed by atoms with Gasteiger partial charge in [-0.1, -0.05) is 48.5 Å². The van der Waals surface area contributed by atoms with Gasteiger partial charge in [-0.25, -0.2) is 0 Å². The van der Waals surface area contributed by atoms with E-state index in [1.54, 1.807) is 0 Å². The van der Waals surface area contributed by atoms with Crippen LogP contribution in [0.2, 0.25) is 0 Å². The summed E-state index contributed by atoms with van der Waals surface area (Å²) in [5, 5.41) is 0. The number of fused-ring (bicyclic) bond motifs is 1. The average molecular weight is 334 g/mol. The van der Waals surface area contributed by atoms with E-state index in [9.17, 15) is 4.79 Å². The summed E-state index contributed by atoms with van der Waals surface area (Å²) >= 11 is 0. The second kappa shape index (κ2) is 7.40. The van der Waals surface area contributed by atoms with Crippen molar-refractivity contribution >= 4 is 11.6 Å². The van der Waals surface area contributed by atoms with Crippen molar-refractivity contribution in [1.29, 1.82) is 0 Å². The van der Waals surface area contributed by atoms with Crippen LogP contribution >= 0.6 is 0 Å². The molecule has 1 amide bonds. The van der Waals surface area contributed by atoms with Crippen LogP contribution in [0.3, 0.4) is 0 Å². The molecule has 130 valence electrons. The van der Waals surface area contributed by atoms with Crippen molar-refractivity contribution in [3.05, 3.63) is 66.2 Å². The number of piperidine rings is 1. The standard InChI is InChI=1S/C22H26N2O/c25-22-15-19-11-13-23(16-18-7-3-1-4-8-18)17-20(19)12-14-24(22)21-9-5-2-6-10-21/h1-10,19-20H,11-17H2. The summed E-state index contributed by atoms with van der Waals surface area (Å²) < 4.78 is 0. The second-order valence-electron chi connectivity index (χ2n) is 7.40. The summed E-state index contributed by atoms with van der Waals surface area (Å²) in [4.78, 5) is 17.3. The van der Waals surface area contributed by atoms with Crippen molar-refractivity contribution < 1.29 is 4.79 Å². The molecule has 0 bridgehead atoms. The minimum atomic E-state index is 0.301. The zero-order valence-electron chi connectivity index (χ0n) is 14.7. The van der Waals surface area contributed by atoms with E-state index in [2.05, 4.69) is 47.4 Å². The molecule has 2 unspecified atom stereocenters. The van der Waals surface area contributed by atoms with Gasteiger partial charge in [-0.15, -0.1) is 0 Å². The maximum Gasteiger partial charge on any atom is 0.227 e. The molecule has 2 aromatic rings. The van der Waals surface area contributed by atoms with E-state index in [1.165, 1.54) is 5.56 Å². The number of amides is 1. The monoisotopic (exact) mass is 334 g/mol. The minimum Gasteiger partial charge on any atom is -0.312 e. The Morgan fingerprint density at radius 2 is 1.52 bits per heavy atom. The number of benzene rings is 2. The predicted octanol–water partition coefficient (Wildman–Crippen LogP) is 3.95. The highest BCUT2D eigenvalue weighted by atomic mass is 16.2. The van der Waals surface area contributed by atoms with Crippen LogP contribution in [-0.4, -0.2) is 30.4 Å². The molecule has 0 N–H and O–H groups in total. The molecule has 2 aliphatic rings. The zero-order valence-corrected chi connectivity index (χ0v) is 14.7. The van der Waals surface area contributed by atoms with E-state index in [1.807, 2.05) is 23.1 Å². The minimum absolute atomic E-state index is 0.301. The normalized spacial score (nSPS) is 24.6. The Balaban J connectivity index is 1.42. The molecule has 2 aromatic carbocycles. The molecule has 2 fully saturated rings. The van der Waals surface area contributed by atoms with Gasteiger partial charge in [-0.2, -0.15) is 0 Å². The molecule has 3 nitrogen and oxygen atoms in total. The second-order valence-corrected chi connectivity index (χ2v) is 7.40. The molecule has 0 aromatic heterocycles. The van der Waals surface area contributed by atoms with Crippen molar-refractivity contribution in [3.63, 3.8) is 0 Å². The Kier molecular flexibility index (Phi) is 4.84. The molecule has 2 saturated heterocycles. The molecule has 2 atom stereocenters. The number of nitrogens with zero attached hydrogens (tertiary/aromatic N) is 2. The molecule has 0 spiro atoms. The number of hydrogen-bond acceptors (Lipinski definition) is 2. The Labute approximate surface area is 150 Å². The lowest BCUT2D eigenvalue weighted by Crippen LogP contribution is -2.40. The molecule has 3 heteroatoms. The quantitative estimate of drug-likeness (QED) is 0.848. The van der Waals surface area contributed by atoms with Gasteiger partial charge in [-0.3, -0.25) is 9.69 Å². The number of hydrogen-bond donors (Lipinski definition) is 0. The van der Waals surface area contributed by atoms with Crippen molar-refractivity contribution in [3.8, 4) is 0 Å². The fourth-order valence-corrected chi connectivity index (χ4v) is 4.37. The van der Waals surface area contributed by atoms with E-state index in [0.717, 1.165) is 44.7 Å². The molecule has 0 aliphatic carbocycles. The highest BCUT2D eigenvalue weighted by Crippen LogP contribution is 2.34. The number of likely N-dealkylation sites (tertiary alicyclic amines) is 1. The first-order chi connectivity index (χ1) is 12.3. The maximum absolute atomic E-state index is 12.8. The summed E-state index contributed by atoms with van der Waals surface area (Å²) in [6.45, 7) is 4.10.